The Morgan fingerprint density at radius 3 is 2.43 bits per heavy atom. The van der Waals surface area contributed by atoms with E-state index in [1.807, 2.05) is 42.5 Å². The first-order chi connectivity index (χ1) is 13.5. The molecule has 3 nitrogen and oxygen atoms in total. The normalized spacial score (nSPS) is 10.6. The molecule has 0 aromatic heterocycles. The van der Waals surface area contributed by atoms with Crippen LogP contribution in [0.5, 0.6) is 11.5 Å². The minimum absolute atomic E-state index is 0.321. The summed E-state index contributed by atoms with van der Waals surface area (Å²) in [7, 11) is 1.61. The Kier molecular flexibility index (Phi) is 7.36. The van der Waals surface area contributed by atoms with Gasteiger partial charge in [0.15, 0.2) is 11.5 Å². The fourth-order valence-electron chi connectivity index (χ4n) is 2.55. The summed E-state index contributed by atoms with van der Waals surface area (Å²) in [6.45, 7) is 0.943. The molecule has 0 unspecified atom stereocenters. The van der Waals surface area contributed by atoms with Gasteiger partial charge in [-0.05, 0) is 64.0 Å². The average Bonchev–Trinajstić information content (AvgIpc) is 2.68. The van der Waals surface area contributed by atoms with E-state index in [4.69, 9.17) is 44.3 Å². The van der Waals surface area contributed by atoms with Gasteiger partial charge in [0.1, 0.15) is 6.61 Å². The van der Waals surface area contributed by atoms with E-state index in [-0.39, 0.29) is 0 Å². The van der Waals surface area contributed by atoms with Gasteiger partial charge in [-0.25, -0.2) is 0 Å². The number of ether oxygens (including phenoxy) is 2. The van der Waals surface area contributed by atoms with Crippen molar-refractivity contribution in [2.75, 3.05) is 12.4 Å². The summed E-state index contributed by atoms with van der Waals surface area (Å²) < 4.78 is 12.2. The highest BCUT2D eigenvalue weighted by Crippen LogP contribution is 2.31. The predicted octanol–water partition coefficient (Wildman–Crippen LogP) is 7.61. The summed E-state index contributed by atoms with van der Waals surface area (Å²) in [4.78, 5) is 0. The van der Waals surface area contributed by atoms with Gasteiger partial charge in [0, 0.05) is 32.3 Å². The van der Waals surface area contributed by atoms with Gasteiger partial charge in [-0.1, -0.05) is 46.9 Å². The van der Waals surface area contributed by atoms with Crippen molar-refractivity contribution in [1.82, 2.24) is 0 Å². The maximum Gasteiger partial charge on any atom is 0.161 e. The van der Waals surface area contributed by atoms with Crippen molar-refractivity contribution >= 4 is 56.4 Å². The predicted molar refractivity (Wildman–Crippen MR) is 120 cm³/mol. The van der Waals surface area contributed by atoms with Gasteiger partial charge in [0.05, 0.1) is 12.1 Å². The van der Waals surface area contributed by atoms with E-state index in [1.165, 1.54) is 0 Å². The van der Waals surface area contributed by atoms with Crippen molar-refractivity contribution in [3.63, 3.8) is 0 Å². The Hall–Kier alpha value is -1.59. The van der Waals surface area contributed by atoms with Crippen LogP contribution in [0.3, 0.4) is 0 Å². The molecule has 0 saturated carbocycles. The molecule has 3 aromatic rings. The van der Waals surface area contributed by atoms with Gasteiger partial charge in [-0.3, -0.25) is 0 Å². The molecular weight excluding hydrogens is 484 g/mol. The molecule has 0 aliphatic rings. The van der Waals surface area contributed by atoms with Crippen molar-refractivity contribution in [1.29, 1.82) is 0 Å². The Morgan fingerprint density at radius 2 is 1.71 bits per heavy atom. The third-order valence-electron chi connectivity index (χ3n) is 4.04. The van der Waals surface area contributed by atoms with Crippen molar-refractivity contribution in [2.45, 2.75) is 13.2 Å². The summed E-state index contributed by atoms with van der Waals surface area (Å²) in [5.74, 6) is 1.29. The van der Waals surface area contributed by atoms with Crippen LogP contribution in [0, 0.1) is 0 Å². The summed E-state index contributed by atoms with van der Waals surface area (Å²) in [6, 6.07) is 16.9. The first kappa shape index (κ1) is 21.1. The maximum absolute atomic E-state index is 6.20. The molecule has 0 aliphatic heterocycles. The molecule has 3 rings (SSSR count). The molecule has 0 spiro atoms. The SMILES string of the molecule is COc1cc(CNc2ccc(Br)c(Cl)c2)ccc1OCc1ccc(Cl)cc1Cl. The molecule has 7 heteroatoms. The first-order valence-electron chi connectivity index (χ1n) is 8.39. The highest BCUT2D eigenvalue weighted by molar-refractivity contribution is 9.10. The molecule has 0 radical (unpaired) electrons. The van der Waals surface area contributed by atoms with Gasteiger partial charge in [0.25, 0.3) is 0 Å². The lowest BCUT2D eigenvalue weighted by Gasteiger charge is -2.14. The fraction of sp³-hybridized carbons (Fsp3) is 0.143. The van der Waals surface area contributed by atoms with Crippen molar-refractivity contribution in [3.8, 4) is 11.5 Å². The van der Waals surface area contributed by atoms with Crippen LogP contribution in [0.2, 0.25) is 15.1 Å². The maximum atomic E-state index is 6.20. The zero-order valence-electron chi connectivity index (χ0n) is 14.9. The zero-order chi connectivity index (χ0) is 20.1. The number of methoxy groups -OCH3 is 1. The fourth-order valence-corrected chi connectivity index (χ4v) is 3.44. The van der Waals surface area contributed by atoms with Crippen LogP contribution in [-0.2, 0) is 13.2 Å². The molecule has 0 amide bonds. The Morgan fingerprint density at radius 1 is 0.893 bits per heavy atom. The van der Waals surface area contributed by atoms with E-state index in [2.05, 4.69) is 21.2 Å². The molecule has 0 aliphatic carbocycles. The highest BCUT2D eigenvalue weighted by Gasteiger charge is 2.09. The largest absolute Gasteiger partial charge is 0.493 e. The second-order valence-corrected chi connectivity index (χ2v) is 8.10. The lowest BCUT2D eigenvalue weighted by atomic mass is 10.2. The minimum Gasteiger partial charge on any atom is -0.493 e. The number of halogens is 4. The second kappa shape index (κ2) is 9.75. The van der Waals surface area contributed by atoms with E-state index in [0.717, 1.165) is 21.3 Å². The van der Waals surface area contributed by atoms with Crippen LogP contribution >= 0.6 is 50.7 Å². The molecule has 146 valence electrons. The topological polar surface area (TPSA) is 30.5 Å². The van der Waals surface area contributed by atoms with Gasteiger partial charge in [-0.2, -0.15) is 0 Å². The Labute approximate surface area is 187 Å². The van der Waals surface area contributed by atoms with Gasteiger partial charge < -0.3 is 14.8 Å². The number of anilines is 1. The van der Waals surface area contributed by atoms with E-state index < -0.39 is 0 Å². The number of hydrogen-bond donors (Lipinski definition) is 1. The van der Waals surface area contributed by atoms with Crippen LogP contribution in [-0.4, -0.2) is 7.11 Å². The molecule has 0 saturated heterocycles. The van der Waals surface area contributed by atoms with Crippen LogP contribution in [0.1, 0.15) is 11.1 Å². The molecule has 0 heterocycles. The molecule has 28 heavy (non-hydrogen) atoms. The number of nitrogens with one attached hydrogen (secondary N) is 1. The smallest absolute Gasteiger partial charge is 0.161 e. The monoisotopic (exact) mass is 499 g/mol. The van der Waals surface area contributed by atoms with Gasteiger partial charge in [0.2, 0.25) is 0 Å². The third kappa shape index (κ3) is 5.48. The zero-order valence-corrected chi connectivity index (χ0v) is 18.8. The lowest BCUT2D eigenvalue weighted by molar-refractivity contribution is 0.284. The third-order valence-corrected chi connectivity index (χ3v) is 5.86. The van der Waals surface area contributed by atoms with Crippen LogP contribution in [0.4, 0.5) is 5.69 Å². The molecule has 3 aromatic carbocycles. The second-order valence-electron chi connectivity index (χ2n) is 5.99. The number of benzene rings is 3. The minimum atomic E-state index is 0.321. The number of rotatable bonds is 7. The highest BCUT2D eigenvalue weighted by atomic mass is 79.9. The van der Waals surface area contributed by atoms with E-state index >= 15 is 0 Å². The lowest BCUT2D eigenvalue weighted by Crippen LogP contribution is -2.02. The van der Waals surface area contributed by atoms with Crippen molar-refractivity contribution < 1.29 is 9.47 Å². The molecular formula is C21H17BrCl3NO2. The molecule has 0 bridgehead atoms. The summed E-state index contributed by atoms with van der Waals surface area (Å²) in [5, 5.41) is 5.16. The van der Waals surface area contributed by atoms with Crippen molar-refractivity contribution in [2.24, 2.45) is 0 Å². The Balaban J connectivity index is 1.66. The van der Waals surface area contributed by atoms with Crippen LogP contribution in [0.15, 0.2) is 59.1 Å². The summed E-state index contributed by atoms with van der Waals surface area (Å²) >= 11 is 21.6. The van der Waals surface area contributed by atoms with E-state index in [9.17, 15) is 0 Å². The molecule has 1 N–H and O–H groups in total. The quantitative estimate of drug-likeness (QED) is 0.361. The summed E-state index contributed by atoms with van der Waals surface area (Å²) in [5.41, 5.74) is 2.84. The van der Waals surface area contributed by atoms with Crippen LogP contribution < -0.4 is 14.8 Å². The molecule has 0 atom stereocenters. The Bertz CT molecular complexity index is 982. The first-order valence-corrected chi connectivity index (χ1v) is 10.3. The average molecular weight is 502 g/mol. The van der Waals surface area contributed by atoms with E-state index in [1.54, 1.807) is 19.2 Å². The number of hydrogen-bond acceptors (Lipinski definition) is 3. The van der Waals surface area contributed by atoms with Gasteiger partial charge >= 0.3 is 0 Å². The summed E-state index contributed by atoms with van der Waals surface area (Å²) in [6.07, 6.45) is 0. The van der Waals surface area contributed by atoms with Gasteiger partial charge in [-0.15, -0.1) is 0 Å². The van der Waals surface area contributed by atoms with E-state index in [0.29, 0.717) is 39.7 Å². The van der Waals surface area contributed by atoms with Crippen molar-refractivity contribution in [3.05, 3.63) is 85.3 Å². The molecule has 0 fully saturated rings. The standard InChI is InChI=1S/C21H17BrCl3NO2/c1-27-21-8-13(11-26-16-5-6-17(22)19(25)10-16)2-7-20(21)28-12-14-3-4-15(23)9-18(14)24/h2-10,26H,11-12H2,1H3. The van der Waals surface area contributed by atoms with Crippen LogP contribution in [0.25, 0.3) is 0 Å².